The lowest BCUT2D eigenvalue weighted by Gasteiger charge is -2.33. The summed E-state index contributed by atoms with van der Waals surface area (Å²) in [5.41, 5.74) is 4.88. The van der Waals surface area contributed by atoms with Crippen molar-refractivity contribution in [2.75, 3.05) is 6.61 Å². The largest absolute Gasteiger partial charge is 0.396 e. The number of benzene rings is 1. The van der Waals surface area contributed by atoms with Crippen LogP contribution in [0.2, 0.25) is 0 Å². The van der Waals surface area contributed by atoms with Gasteiger partial charge in [0.2, 0.25) is 0 Å². The van der Waals surface area contributed by atoms with Crippen molar-refractivity contribution in [3.63, 3.8) is 0 Å². The Labute approximate surface area is 209 Å². The fraction of sp³-hybridized carbons (Fsp3) is 0.677. The minimum atomic E-state index is -1.10. The van der Waals surface area contributed by atoms with E-state index in [4.69, 9.17) is 15.3 Å². The number of rotatable bonds is 14. The molecule has 192 valence electrons. The molecule has 0 fully saturated rings. The number of aryl methyl sites for hydroxylation is 2. The topological polar surface area (TPSA) is 60.7 Å². The predicted octanol–water partition coefficient (Wildman–Crippen LogP) is 7.31. The van der Waals surface area contributed by atoms with E-state index in [1.807, 2.05) is 0 Å². The summed E-state index contributed by atoms with van der Waals surface area (Å²) < 4.78 is 0. The van der Waals surface area contributed by atoms with E-state index in [0.29, 0.717) is 13.0 Å². The van der Waals surface area contributed by atoms with E-state index in [1.54, 1.807) is 11.1 Å². The highest BCUT2D eigenvalue weighted by Crippen LogP contribution is 2.39. The highest BCUT2D eigenvalue weighted by molar-refractivity contribution is 5.42. The number of allylic oxidation sites excluding steroid dienone is 4. The Balaban J connectivity index is 0.000000316. The molecule has 34 heavy (non-hydrogen) atoms. The lowest BCUT2D eigenvalue weighted by Crippen LogP contribution is -2.25. The zero-order valence-electron chi connectivity index (χ0n) is 21.7. The number of hydrogen-bond donors (Lipinski definition) is 3. The van der Waals surface area contributed by atoms with Gasteiger partial charge in [-0.2, -0.15) is 0 Å². The van der Waals surface area contributed by atoms with Gasteiger partial charge >= 0.3 is 0 Å². The summed E-state index contributed by atoms with van der Waals surface area (Å²) in [6, 6.07) is 7.29. The van der Waals surface area contributed by atoms with Crippen LogP contribution in [0.4, 0.5) is 0 Å². The van der Waals surface area contributed by atoms with Crippen LogP contribution in [0, 0.1) is 0 Å². The van der Waals surface area contributed by atoms with E-state index >= 15 is 0 Å². The molecule has 3 heteroatoms. The molecule has 0 radical (unpaired) electrons. The van der Waals surface area contributed by atoms with Crippen LogP contribution in [-0.2, 0) is 18.3 Å². The van der Waals surface area contributed by atoms with Crippen LogP contribution in [0.3, 0.4) is 0 Å². The Morgan fingerprint density at radius 2 is 1.53 bits per heavy atom. The highest BCUT2D eigenvalue weighted by Gasteiger charge is 2.29. The highest BCUT2D eigenvalue weighted by atomic mass is 16.5. The smallest absolute Gasteiger partial charge is 0.151 e. The Morgan fingerprint density at radius 3 is 2.24 bits per heavy atom. The first-order valence-corrected chi connectivity index (χ1v) is 14.0. The molecule has 0 aromatic heterocycles. The third-order valence-corrected chi connectivity index (χ3v) is 7.41. The maximum absolute atomic E-state index is 8.94. The van der Waals surface area contributed by atoms with E-state index in [-0.39, 0.29) is 5.41 Å². The Bertz CT molecular complexity index is 721. The van der Waals surface area contributed by atoms with E-state index in [1.165, 1.54) is 76.2 Å². The van der Waals surface area contributed by atoms with Crippen molar-refractivity contribution in [3.8, 4) is 0 Å². The van der Waals surface area contributed by atoms with Crippen molar-refractivity contribution in [1.82, 2.24) is 0 Å². The molecule has 0 saturated carbocycles. The summed E-state index contributed by atoms with van der Waals surface area (Å²) in [6.07, 6.45) is 27.9. The first-order valence-electron chi connectivity index (χ1n) is 14.0. The molecule has 3 N–H and O–H groups in total. The van der Waals surface area contributed by atoms with Crippen LogP contribution < -0.4 is 0 Å². The number of hydrogen-bond acceptors (Lipinski definition) is 3. The second kappa shape index (κ2) is 17.1. The molecule has 0 spiro atoms. The van der Waals surface area contributed by atoms with Crippen molar-refractivity contribution in [3.05, 3.63) is 59.2 Å². The van der Waals surface area contributed by atoms with E-state index < -0.39 is 6.29 Å². The summed E-state index contributed by atoms with van der Waals surface area (Å²) >= 11 is 0. The normalized spacial score (nSPS) is 19.1. The summed E-state index contributed by atoms with van der Waals surface area (Å²) in [5, 5.41) is 26.0. The monoisotopic (exact) mass is 470 g/mol. The summed E-state index contributed by atoms with van der Waals surface area (Å²) in [4.78, 5) is 0. The predicted molar refractivity (Wildman–Crippen MR) is 144 cm³/mol. The maximum Gasteiger partial charge on any atom is 0.151 e. The fourth-order valence-electron chi connectivity index (χ4n) is 5.26. The van der Waals surface area contributed by atoms with Crippen LogP contribution in [0.5, 0.6) is 0 Å². The van der Waals surface area contributed by atoms with Crippen LogP contribution in [0.1, 0.15) is 120 Å². The van der Waals surface area contributed by atoms with E-state index in [0.717, 1.165) is 32.1 Å². The Hall–Kier alpha value is -1.42. The first kappa shape index (κ1) is 28.8. The third-order valence-electron chi connectivity index (χ3n) is 7.41. The average Bonchev–Trinajstić information content (AvgIpc) is 2.86. The second-order valence-corrected chi connectivity index (χ2v) is 10.3. The maximum atomic E-state index is 8.94. The first-order chi connectivity index (χ1) is 16.6. The van der Waals surface area contributed by atoms with Gasteiger partial charge < -0.3 is 15.3 Å². The molecule has 0 heterocycles. The molecular formula is C31H50O3. The molecule has 1 atom stereocenters. The van der Waals surface area contributed by atoms with Crippen molar-refractivity contribution in [2.24, 2.45) is 0 Å². The lowest BCUT2D eigenvalue weighted by atomic mass is 9.71. The SMILES string of the molecule is CCCCCCCCC(O)O.OCCCCCCC1(c2ccc3c(c2)CCCC3)C=CC=CC1. The van der Waals surface area contributed by atoms with Crippen LogP contribution >= 0.6 is 0 Å². The molecule has 0 saturated heterocycles. The van der Waals surface area contributed by atoms with Crippen LogP contribution in [-0.4, -0.2) is 28.2 Å². The Morgan fingerprint density at radius 1 is 0.824 bits per heavy atom. The lowest BCUT2D eigenvalue weighted by molar-refractivity contribution is -0.0466. The van der Waals surface area contributed by atoms with E-state index in [9.17, 15) is 0 Å². The zero-order chi connectivity index (χ0) is 24.5. The van der Waals surface area contributed by atoms with Crippen molar-refractivity contribution in [1.29, 1.82) is 0 Å². The number of fused-ring (bicyclic) bond motifs is 1. The van der Waals surface area contributed by atoms with Crippen molar-refractivity contribution in [2.45, 2.75) is 128 Å². The molecular weight excluding hydrogens is 420 g/mol. The summed E-state index contributed by atoms with van der Waals surface area (Å²) in [7, 11) is 0. The summed E-state index contributed by atoms with van der Waals surface area (Å²) in [6.45, 7) is 2.52. The van der Waals surface area contributed by atoms with Crippen LogP contribution in [0.25, 0.3) is 0 Å². The molecule has 0 bridgehead atoms. The van der Waals surface area contributed by atoms with Gasteiger partial charge in [0.15, 0.2) is 6.29 Å². The van der Waals surface area contributed by atoms with Crippen molar-refractivity contribution >= 4 is 0 Å². The number of aliphatic hydroxyl groups is 3. The fourth-order valence-corrected chi connectivity index (χ4v) is 5.26. The van der Waals surface area contributed by atoms with Gasteiger partial charge in [-0.15, -0.1) is 0 Å². The number of aliphatic hydroxyl groups excluding tert-OH is 2. The molecule has 1 aromatic carbocycles. The standard InChI is InChI=1S/C22H30O.C9H20O2/c23-17-9-2-1-6-14-22(15-7-3-8-16-22)21-13-12-19-10-4-5-11-20(19)18-21;1-2-3-4-5-6-7-8-9(10)11/h3,7-8,12-13,15,18,23H,1-2,4-6,9-11,14,16-17H2;9-11H,2-8H2,1H3. The Kier molecular flexibility index (Phi) is 14.5. The number of unbranched alkanes of at least 4 members (excludes halogenated alkanes) is 8. The molecule has 1 unspecified atom stereocenters. The van der Waals surface area contributed by atoms with Gasteiger partial charge in [0.1, 0.15) is 0 Å². The van der Waals surface area contributed by atoms with Gasteiger partial charge in [-0.05, 0) is 74.5 Å². The molecule has 0 aliphatic heterocycles. The summed E-state index contributed by atoms with van der Waals surface area (Å²) in [5.74, 6) is 0. The van der Waals surface area contributed by atoms with Gasteiger partial charge in [-0.1, -0.05) is 101 Å². The van der Waals surface area contributed by atoms with Gasteiger partial charge in [0, 0.05) is 12.0 Å². The molecule has 3 rings (SSSR count). The van der Waals surface area contributed by atoms with E-state index in [2.05, 4.69) is 49.4 Å². The molecule has 2 aliphatic carbocycles. The molecule has 2 aliphatic rings. The average molecular weight is 471 g/mol. The molecule has 1 aromatic rings. The van der Waals surface area contributed by atoms with Gasteiger partial charge in [0.05, 0.1) is 0 Å². The second-order valence-electron chi connectivity index (χ2n) is 10.3. The zero-order valence-corrected chi connectivity index (χ0v) is 21.7. The van der Waals surface area contributed by atoms with Crippen molar-refractivity contribution < 1.29 is 15.3 Å². The van der Waals surface area contributed by atoms with Gasteiger partial charge in [-0.25, -0.2) is 0 Å². The quantitative estimate of drug-likeness (QED) is 0.197. The van der Waals surface area contributed by atoms with Gasteiger partial charge in [0.25, 0.3) is 0 Å². The minimum absolute atomic E-state index is 0.195. The third kappa shape index (κ3) is 10.5. The van der Waals surface area contributed by atoms with Crippen LogP contribution in [0.15, 0.2) is 42.5 Å². The minimum Gasteiger partial charge on any atom is -0.396 e. The molecule has 0 amide bonds. The van der Waals surface area contributed by atoms with Gasteiger partial charge in [-0.3, -0.25) is 0 Å². The molecule has 3 nitrogen and oxygen atoms in total.